The average Bonchev–Trinajstić information content (AvgIpc) is 3.21. The maximum Gasteiger partial charge on any atom is 0.321 e. The third kappa shape index (κ3) is 5.18. The summed E-state index contributed by atoms with van der Waals surface area (Å²) < 4.78 is 24.0. The van der Waals surface area contributed by atoms with Crippen molar-refractivity contribution in [3.8, 4) is 5.75 Å². The van der Waals surface area contributed by atoms with Crippen LogP contribution in [0.3, 0.4) is 0 Å². The van der Waals surface area contributed by atoms with Crippen LogP contribution in [0.2, 0.25) is 0 Å². The van der Waals surface area contributed by atoms with Gasteiger partial charge in [0.1, 0.15) is 16.6 Å². The maximum absolute atomic E-state index is 13.4. The Kier molecular flexibility index (Phi) is 6.43. The molecule has 2 amide bonds. The molecule has 1 fully saturated rings. The van der Waals surface area contributed by atoms with Gasteiger partial charge in [-0.05, 0) is 48.2 Å². The minimum absolute atomic E-state index is 0.311. The highest BCUT2D eigenvalue weighted by Gasteiger charge is 2.36. The molecule has 2 heterocycles. The van der Waals surface area contributed by atoms with Gasteiger partial charge in [0.05, 0.1) is 12.6 Å². The molecular weight excluding hydrogens is 419 g/mol. The molecule has 1 aliphatic rings. The molecule has 0 aliphatic carbocycles. The zero-order valence-corrected chi connectivity index (χ0v) is 17.9. The van der Waals surface area contributed by atoms with Gasteiger partial charge in [0.25, 0.3) is 0 Å². The van der Waals surface area contributed by atoms with Gasteiger partial charge in [-0.2, -0.15) is 0 Å². The molecule has 3 aromatic rings. The number of nitrogens with one attached hydrogen (secondary N) is 2. The third-order valence-corrected chi connectivity index (χ3v) is 6.14. The Labute approximate surface area is 183 Å². The summed E-state index contributed by atoms with van der Waals surface area (Å²) in [5.41, 5.74) is 1.31. The van der Waals surface area contributed by atoms with Crippen molar-refractivity contribution in [1.82, 2.24) is 15.5 Å². The van der Waals surface area contributed by atoms with Crippen molar-refractivity contribution in [3.05, 3.63) is 70.5 Å². The minimum Gasteiger partial charge on any atom is -0.497 e. The fourth-order valence-corrected chi connectivity index (χ4v) is 4.38. The molecular formula is C22H23FN4O3S. The van der Waals surface area contributed by atoms with Crippen LogP contribution in [0.4, 0.5) is 14.3 Å². The van der Waals surface area contributed by atoms with Gasteiger partial charge in [0, 0.05) is 19.6 Å². The number of benzene rings is 2. The van der Waals surface area contributed by atoms with E-state index >= 15 is 0 Å². The summed E-state index contributed by atoms with van der Waals surface area (Å²) in [4.78, 5) is 12.8. The fourth-order valence-electron chi connectivity index (χ4n) is 3.61. The molecule has 2 N–H and O–H groups in total. The van der Waals surface area contributed by atoms with E-state index in [1.54, 1.807) is 19.2 Å². The highest BCUT2D eigenvalue weighted by atomic mass is 32.1. The lowest BCUT2D eigenvalue weighted by Crippen LogP contribution is -2.50. The highest BCUT2D eigenvalue weighted by molar-refractivity contribution is 7.15. The highest BCUT2D eigenvalue weighted by Crippen LogP contribution is 2.32. The molecule has 31 heavy (non-hydrogen) atoms. The summed E-state index contributed by atoms with van der Waals surface area (Å²) in [6, 6.07) is 13.6. The number of anilines is 1. The molecule has 162 valence electrons. The van der Waals surface area contributed by atoms with E-state index in [1.165, 1.54) is 23.5 Å². The molecule has 1 saturated heterocycles. The summed E-state index contributed by atoms with van der Waals surface area (Å²) >= 11 is 1.33. The van der Waals surface area contributed by atoms with Crippen LogP contribution in [0.25, 0.3) is 0 Å². The molecule has 2 aromatic carbocycles. The van der Waals surface area contributed by atoms with Crippen LogP contribution in [0.15, 0.2) is 48.5 Å². The number of aromatic nitrogens is 2. The predicted molar refractivity (Wildman–Crippen MR) is 116 cm³/mol. The van der Waals surface area contributed by atoms with Crippen LogP contribution in [-0.4, -0.2) is 36.6 Å². The van der Waals surface area contributed by atoms with Crippen LogP contribution < -0.4 is 15.4 Å². The van der Waals surface area contributed by atoms with E-state index in [0.717, 1.165) is 21.9 Å². The van der Waals surface area contributed by atoms with Gasteiger partial charge in [-0.3, -0.25) is 5.32 Å². The fraction of sp³-hybridized carbons (Fsp3) is 0.318. The largest absolute Gasteiger partial charge is 0.497 e. The number of ether oxygens (including phenoxy) is 2. The summed E-state index contributed by atoms with van der Waals surface area (Å²) in [5, 5.41) is 15.3. The number of hydrogen-bond donors (Lipinski definition) is 2. The smallest absolute Gasteiger partial charge is 0.321 e. The van der Waals surface area contributed by atoms with Crippen molar-refractivity contribution in [3.63, 3.8) is 0 Å². The lowest BCUT2D eigenvalue weighted by Gasteiger charge is -2.38. The van der Waals surface area contributed by atoms with Crippen molar-refractivity contribution < 1.29 is 18.7 Å². The van der Waals surface area contributed by atoms with Crippen LogP contribution in [-0.2, 0) is 16.7 Å². The number of nitrogens with zero attached hydrogens (tertiary/aromatic N) is 2. The first-order valence-electron chi connectivity index (χ1n) is 9.95. The van der Waals surface area contributed by atoms with E-state index in [2.05, 4.69) is 20.8 Å². The molecule has 0 bridgehead atoms. The monoisotopic (exact) mass is 442 g/mol. The Morgan fingerprint density at radius 2 is 1.84 bits per heavy atom. The summed E-state index contributed by atoms with van der Waals surface area (Å²) in [7, 11) is 1.63. The van der Waals surface area contributed by atoms with Crippen LogP contribution >= 0.6 is 11.3 Å². The lowest BCUT2D eigenvalue weighted by molar-refractivity contribution is 0.0417. The van der Waals surface area contributed by atoms with Crippen molar-refractivity contribution in [2.24, 2.45) is 0 Å². The first-order valence-corrected chi connectivity index (χ1v) is 10.8. The molecule has 0 unspecified atom stereocenters. The Morgan fingerprint density at radius 1 is 1.13 bits per heavy atom. The third-order valence-electron chi connectivity index (χ3n) is 5.30. The second-order valence-electron chi connectivity index (χ2n) is 7.31. The van der Waals surface area contributed by atoms with Crippen molar-refractivity contribution in [2.45, 2.75) is 24.8 Å². The average molecular weight is 443 g/mol. The number of amides is 2. The minimum atomic E-state index is -0.618. The zero-order valence-electron chi connectivity index (χ0n) is 17.1. The van der Waals surface area contributed by atoms with Crippen LogP contribution in [0.5, 0.6) is 5.75 Å². The molecule has 4 rings (SSSR count). The van der Waals surface area contributed by atoms with E-state index in [9.17, 15) is 9.18 Å². The van der Waals surface area contributed by atoms with E-state index in [0.29, 0.717) is 37.6 Å². The summed E-state index contributed by atoms with van der Waals surface area (Å²) in [5.74, 6) is 0.483. The Morgan fingerprint density at radius 3 is 2.52 bits per heavy atom. The number of carbonyl (C=O) groups is 1. The Hall–Kier alpha value is -3.04. The number of carbonyl (C=O) groups excluding carboxylic acids is 1. The normalized spacial score (nSPS) is 15.3. The Bertz CT molecular complexity index is 1020. The molecule has 1 aliphatic heterocycles. The lowest BCUT2D eigenvalue weighted by atomic mass is 9.83. The van der Waals surface area contributed by atoms with Gasteiger partial charge in [0.15, 0.2) is 0 Å². The quantitative estimate of drug-likeness (QED) is 0.600. The second-order valence-corrected chi connectivity index (χ2v) is 8.37. The second kappa shape index (κ2) is 9.40. The van der Waals surface area contributed by atoms with Crippen molar-refractivity contribution in [1.29, 1.82) is 0 Å². The van der Waals surface area contributed by atoms with Crippen molar-refractivity contribution in [2.75, 3.05) is 25.6 Å². The van der Waals surface area contributed by atoms with Gasteiger partial charge in [-0.25, -0.2) is 9.18 Å². The van der Waals surface area contributed by atoms with E-state index in [4.69, 9.17) is 9.47 Å². The molecule has 0 radical (unpaired) electrons. The molecule has 9 heteroatoms. The van der Waals surface area contributed by atoms with Gasteiger partial charge in [0.2, 0.25) is 5.13 Å². The van der Waals surface area contributed by atoms with Crippen LogP contribution in [0, 0.1) is 5.82 Å². The molecule has 0 saturated carbocycles. The predicted octanol–water partition coefficient (Wildman–Crippen LogP) is 4.10. The zero-order chi connectivity index (χ0) is 21.7. The number of hydrogen-bond acceptors (Lipinski definition) is 6. The van der Waals surface area contributed by atoms with E-state index < -0.39 is 5.54 Å². The number of urea groups is 1. The standard InChI is InChI=1S/C22H23FN4O3S/c1-29-18-8-2-15(3-9-18)14-19-26-27-21(31-19)24-20(28)25-22(10-12-30-13-11-22)16-4-6-17(23)7-5-16/h2-9H,10-14H2,1H3,(H2,24,25,27,28). The summed E-state index contributed by atoms with van der Waals surface area (Å²) in [6.45, 7) is 1.03. The first-order chi connectivity index (χ1) is 15.1. The SMILES string of the molecule is COc1ccc(Cc2nnc(NC(=O)NC3(c4ccc(F)cc4)CCOCC3)s2)cc1. The van der Waals surface area contributed by atoms with Crippen LogP contribution in [0.1, 0.15) is 29.0 Å². The van der Waals surface area contributed by atoms with E-state index in [1.807, 2.05) is 24.3 Å². The van der Waals surface area contributed by atoms with Gasteiger partial charge < -0.3 is 14.8 Å². The van der Waals surface area contributed by atoms with Crippen molar-refractivity contribution >= 4 is 22.5 Å². The van der Waals surface area contributed by atoms with Gasteiger partial charge >= 0.3 is 6.03 Å². The molecule has 1 aromatic heterocycles. The Balaban J connectivity index is 1.41. The molecule has 0 atom stereocenters. The number of rotatable bonds is 6. The van der Waals surface area contributed by atoms with Gasteiger partial charge in [-0.15, -0.1) is 10.2 Å². The number of halogens is 1. The van der Waals surface area contributed by atoms with Gasteiger partial charge in [-0.1, -0.05) is 35.6 Å². The topological polar surface area (TPSA) is 85.4 Å². The first kappa shape index (κ1) is 21.2. The molecule has 0 spiro atoms. The number of methoxy groups -OCH3 is 1. The van der Waals surface area contributed by atoms with E-state index in [-0.39, 0.29) is 11.8 Å². The summed E-state index contributed by atoms with van der Waals surface area (Å²) in [6.07, 6.45) is 1.82. The molecule has 7 nitrogen and oxygen atoms in total. The maximum atomic E-state index is 13.4.